The van der Waals surface area contributed by atoms with Crippen LogP contribution in [0, 0.1) is 5.82 Å². The number of carbonyl (C=O) groups is 1. The van der Waals surface area contributed by atoms with E-state index in [0.717, 1.165) is 44.7 Å². The predicted octanol–water partition coefficient (Wildman–Crippen LogP) is 1.58. The van der Waals surface area contributed by atoms with Crippen LogP contribution in [0.5, 0.6) is 0 Å². The SMILES string of the molecule is CCN1CCO[C@@H](C(=O)N2CCCN(Cc3ccccc3F)CC2)C1. The Morgan fingerprint density at radius 3 is 2.80 bits per heavy atom. The van der Waals surface area contributed by atoms with Gasteiger partial charge in [0.2, 0.25) is 0 Å². The summed E-state index contributed by atoms with van der Waals surface area (Å²) in [7, 11) is 0. The maximum absolute atomic E-state index is 13.9. The van der Waals surface area contributed by atoms with E-state index < -0.39 is 0 Å². The molecular formula is C19H28FN3O2. The zero-order valence-corrected chi connectivity index (χ0v) is 15.0. The van der Waals surface area contributed by atoms with Crippen LogP contribution in [0.15, 0.2) is 24.3 Å². The Hall–Kier alpha value is -1.50. The number of ether oxygens (including phenoxy) is 1. The van der Waals surface area contributed by atoms with Crippen molar-refractivity contribution < 1.29 is 13.9 Å². The lowest BCUT2D eigenvalue weighted by molar-refractivity contribution is -0.149. The van der Waals surface area contributed by atoms with Crippen molar-refractivity contribution in [2.75, 3.05) is 52.4 Å². The van der Waals surface area contributed by atoms with Gasteiger partial charge < -0.3 is 9.64 Å². The van der Waals surface area contributed by atoms with Crippen LogP contribution in [0.25, 0.3) is 0 Å². The maximum atomic E-state index is 13.9. The molecule has 3 rings (SSSR count). The number of benzene rings is 1. The van der Waals surface area contributed by atoms with Crippen LogP contribution in [0.3, 0.4) is 0 Å². The highest BCUT2D eigenvalue weighted by Crippen LogP contribution is 2.14. The molecular weight excluding hydrogens is 321 g/mol. The number of hydrogen-bond acceptors (Lipinski definition) is 4. The first-order valence-electron chi connectivity index (χ1n) is 9.26. The Morgan fingerprint density at radius 2 is 2.00 bits per heavy atom. The van der Waals surface area contributed by atoms with Gasteiger partial charge in [-0.2, -0.15) is 0 Å². The van der Waals surface area contributed by atoms with E-state index in [1.54, 1.807) is 6.07 Å². The lowest BCUT2D eigenvalue weighted by Gasteiger charge is -2.34. The lowest BCUT2D eigenvalue weighted by Crippen LogP contribution is -2.51. The number of nitrogens with zero attached hydrogens (tertiary/aromatic N) is 3. The molecule has 0 radical (unpaired) electrons. The van der Waals surface area contributed by atoms with Crippen molar-refractivity contribution in [2.24, 2.45) is 0 Å². The minimum atomic E-state index is -0.341. The van der Waals surface area contributed by atoms with Gasteiger partial charge in [-0.15, -0.1) is 0 Å². The second-order valence-corrected chi connectivity index (χ2v) is 6.80. The molecule has 1 aromatic carbocycles. The number of likely N-dealkylation sites (N-methyl/N-ethyl adjacent to an activating group) is 1. The number of hydrogen-bond donors (Lipinski definition) is 0. The maximum Gasteiger partial charge on any atom is 0.253 e. The van der Waals surface area contributed by atoms with Gasteiger partial charge in [-0.3, -0.25) is 14.6 Å². The zero-order chi connectivity index (χ0) is 17.6. The van der Waals surface area contributed by atoms with Crippen LogP contribution < -0.4 is 0 Å². The smallest absolute Gasteiger partial charge is 0.253 e. The Bertz CT molecular complexity index is 584. The molecule has 1 aromatic rings. The van der Waals surface area contributed by atoms with Gasteiger partial charge in [0.25, 0.3) is 5.91 Å². The fraction of sp³-hybridized carbons (Fsp3) is 0.632. The molecule has 1 amide bonds. The van der Waals surface area contributed by atoms with Crippen molar-refractivity contribution >= 4 is 5.91 Å². The fourth-order valence-electron chi connectivity index (χ4n) is 3.56. The summed E-state index contributed by atoms with van der Waals surface area (Å²) in [5.74, 6) is -0.0548. The van der Waals surface area contributed by atoms with E-state index in [-0.39, 0.29) is 17.8 Å². The molecule has 2 heterocycles. The van der Waals surface area contributed by atoms with Gasteiger partial charge in [-0.25, -0.2) is 4.39 Å². The predicted molar refractivity (Wildman–Crippen MR) is 94.7 cm³/mol. The molecule has 0 bridgehead atoms. The highest BCUT2D eigenvalue weighted by molar-refractivity contribution is 5.81. The second-order valence-electron chi connectivity index (χ2n) is 6.80. The van der Waals surface area contributed by atoms with Crippen LogP contribution in [0.1, 0.15) is 18.9 Å². The number of rotatable bonds is 4. The van der Waals surface area contributed by atoms with Crippen LogP contribution in [-0.2, 0) is 16.1 Å². The summed E-state index contributed by atoms with van der Waals surface area (Å²) in [6, 6.07) is 6.92. The topological polar surface area (TPSA) is 36.0 Å². The fourth-order valence-corrected chi connectivity index (χ4v) is 3.56. The van der Waals surface area contributed by atoms with E-state index in [1.165, 1.54) is 6.07 Å². The largest absolute Gasteiger partial charge is 0.366 e. The van der Waals surface area contributed by atoms with E-state index in [0.29, 0.717) is 26.2 Å². The molecule has 6 heteroatoms. The zero-order valence-electron chi connectivity index (χ0n) is 15.0. The van der Waals surface area contributed by atoms with Crippen molar-refractivity contribution in [3.8, 4) is 0 Å². The highest BCUT2D eigenvalue weighted by Gasteiger charge is 2.30. The standard InChI is InChI=1S/C19H28FN3O2/c1-2-21-12-13-25-18(15-21)19(24)23-9-5-8-22(10-11-23)14-16-6-3-4-7-17(16)20/h3-4,6-7,18H,2,5,8-15H2,1H3/t18-/m1/s1. The molecule has 0 N–H and O–H groups in total. The molecule has 0 saturated carbocycles. The molecule has 1 atom stereocenters. The molecule has 2 saturated heterocycles. The van der Waals surface area contributed by atoms with E-state index in [4.69, 9.17) is 4.74 Å². The highest BCUT2D eigenvalue weighted by atomic mass is 19.1. The first kappa shape index (κ1) is 18.3. The first-order valence-corrected chi connectivity index (χ1v) is 9.26. The molecule has 25 heavy (non-hydrogen) atoms. The average molecular weight is 349 g/mol. The number of carbonyl (C=O) groups excluding carboxylic acids is 1. The van der Waals surface area contributed by atoms with E-state index >= 15 is 0 Å². The summed E-state index contributed by atoms with van der Waals surface area (Å²) in [5, 5.41) is 0. The Labute approximate surface area is 149 Å². The van der Waals surface area contributed by atoms with Gasteiger partial charge in [0.1, 0.15) is 11.9 Å². The average Bonchev–Trinajstić information content (AvgIpc) is 2.89. The number of amides is 1. The molecule has 5 nitrogen and oxygen atoms in total. The van der Waals surface area contributed by atoms with Gasteiger partial charge in [-0.05, 0) is 19.0 Å². The third-order valence-electron chi connectivity index (χ3n) is 5.13. The van der Waals surface area contributed by atoms with Crippen LogP contribution in [0.2, 0.25) is 0 Å². The third-order valence-corrected chi connectivity index (χ3v) is 5.13. The van der Waals surface area contributed by atoms with Crippen molar-refractivity contribution in [1.29, 1.82) is 0 Å². The minimum absolute atomic E-state index is 0.103. The van der Waals surface area contributed by atoms with Crippen LogP contribution in [-0.4, -0.2) is 79.1 Å². The summed E-state index contributed by atoms with van der Waals surface area (Å²) in [6.45, 7) is 8.94. The van der Waals surface area contributed by atoms with E-state index in [2.05, 4.69) is 16.7 Å². The second kappa shape index (κ2) is 8.74. The molecule has 0 aliphatic carbocycles. The summed E-state index contributed by atoms with van der Waals surface area (Å²) in [4.78, 5) is 19.2. The van der Waals surface area contributed by atoms with Gasteiger partial charge in [0, 0.05) is 51.4 Å². The van der Waals surface area contributed by atoms with Gasteiger partial charge in [0.05, 0.1) is 6.61 Å². The summed E-state index contributed by atoms with van der Waals surface area (Å²) < 4.78 is 19.6. The third kappa shape index (κ3) is 4.77. The lowest BCUT2D eigenvalue weighted by atomic mass is 10.2. The van der Waals surface area contributed by atoms with Crippen molar-refractivity contribution in [3.05, 3.63) is 35.6 Å². The molecule has 0 spiro atoms. The molecule has 0 unspecified atom stereocenters. The van der Waals surface area contributed by atoms with Crippen molar-refractivity contribution in [3.63, 3.8) is 0 Å². The quantitative estimate of drug-likeness (QED) is 0.827. The summed E-state index contributed by atoms with van der Waals surface area (Å²) >= 11 is 0. The molecule has 2 aliphatic rings. The van der Waals surface area contributed by atoms with Gasteiger partial charge in [-0.1, -0.05) is 25.1 Å². The van der Waals surface area contributed by atoms with Crippen molar-refractivity contribution in [1.82, 2.24) is 14.7 Å². The summed E-state index contributed by atoms with van der Waals surface area (Å²) in [5.41, 5.74) is 0.719. The molecule has 0 aromatic heterocycles. The van der Waals surface area contributed by atoms with E-state index in [9.17, 15) is 9.18 Å². The Kier molecular flexibility index (Phi) is 6.39. The number of halogens is 1. The molecule has 138 valence electrons. The minimum Gasteiger partial charge on any atom is -0.366 e. The monoisotopic (exact) mass is 349 g/mol. The van der Waals surface area contributed by atoms with Gasteiger partial charge in [0.15, 0.2) is 0 Å². The van der Waals surface area contributed by atoms with Crippen LogP contribution >= 0.6 is 0 Å². The van der Waals surface area contributed by atoms with Gasteiger partial charge >= 0.3 is 0 Å². The van der Waals surface area contributed by atoms with Crippen LogP contribution in [0.4, 0.5) is 4.39 Å². The normalized spacial score (nSPS) is 23.4. The molecule has 2 aliphatic heterocycles. The number of morpholine rings is 1. The molecule has 2 fully saturated rings. The van der Waals surface area contributed by atoms with Crippen molar-refractivity contribution in [2.45, 2.75) is 26.0 Å². The van der Waals surface area contributed by atoms with E-state index in [1.807, 2.05) is 17.0 Å². The first-order chi connectivity index (χ1) is 12.2. The Balaban J connectivity index is 1.54. The summed E-state index contributed by atoms with van der Waals surface area (Å²) in [6.07, 6.45) is 0.566. The Morgan fingerprint density at radius 1 is 1.16 bits per heavy atom.